The van der Waals surface area contributed by atoms with Crippen LogP contribution in [0.5, 0.6) is 5.75 Å². The Hall–Kier alpha value is -2.83. The SMILES string of the molecule is CN=C(NCCOc1ccccc1)NCC1CCN(c2ccc(F)c(F)c2)C1. The second-order valence-electron chi connectivity index (χ2n) is 6.74. The van der Waals surface area contributed by atoms with E-state index in [1.165, 1.54) is 12.1 Å². The number of guanidine groups is 1. The van der Waals surface area contributed by atoms with Crippen LogP contribution in [0.2, 0.25) is 0 Å². The zero-order valence-corrected chi connectivity index (χ0v) is 16.0. The molecule has 0 bridgehead atoms. The number of rotatable bonds is 7. The fraction of sp³-hybridized carbons (Fsp3) is 0.381. The van der Waals surface area contributed by atoms with Crippen LogP contribution in [-0.4, -0.2) is 45.8 Å². The van der Waals surface area contributed by atoms with E-state index in [0.29, 0.717) is 19.1 Å². The molecule has 5 nitrogen and oxygen atoms in total. The van der Waals surface area contributed by atoms with E-state index in [-0.39, 0.29) is 0 Å². The average molecular weight is 388 g/mol. The smallest absolute Gasteiger partial charge is 0.191 e. The van der Waals surface area contributed by atoms with Crippen LogP contribution in [-0.2, 0) is 0 Å². The van der Waals surface area contributed by atoms with Gasteiger partial charge >= 0.3 is 0 Å². The lowest BCUT2D eigenvalue weighted by Crippen LogP contribution is -2.41. The van der Waals surface area contributed by atoms with Crippen molar-refractivity contribution in [2.45, 2.75) is 6.42 Å². The number of para-hydroxylation sites is 1. The van der Waals surface area contributed by atoms with E-state index in [9.17, 15) is 8.78 Å². The summed E-state index contributed by atoms with van der Waals surface area (Å²) in [5.74, 6) is 0.361. The maximum atomic E-state index is 13.4. The third-order valence-corrected chi connectivity index (χ3v) is 4.74. The lowest BCUT2D eigenvalue weighted by Gasteiger charge is -2.19. The van der Waals surface area contributed by atoms with Gasteiger partial charge in [0.1, 0.15) is 12.4 Å². The minimum absolute atomic E-state index is 0.409. The van der Waals surface area contributed by atoms with Crippen molar-refractivity contribution in [3.05, 3.63) is 60.2 Å². The summed E-state index contributed by atoms with van der Waals surface area (Å²) in [5, 5.41) is 6.55. The highest BCUT2D eigenvalue weighted by atomic mass is 19.2. The Morgan fingerprint density at radius 2 is 1.96 bits per heavy atom. The first kappa shape index (κ1) is 19.9. The van der Waals surface area contributed by atoms with E-state index in [1.54, 1.807) is 13.1 Å². The van der Waals surface area contributed by atoms with Crippen molar-refractivity contribution in [1.29, 1.82) is 0 Å². The van der Waals surface area contributed by atoms with Crippen LogP contribution in [0, 0.1) is 17.6 Å². The molecule has 28 heavy (non-hydrogen) atoms. The highest BCUT2D eigenvalue weighted by Gasteiger charge is 2.23. The Morgan fingerprint density at radius 1 is 1.14 bits per heavy atom. The van der Waals surface area contributed by atoms with Crippen LogP contribution in [0.4, 0.5) is 14.5 Å². The third-order valence-electron chi connectivity index (χ3n) is 4.74. The molecule has 0 spiro atoms. The minimum Gasteiger partial charge on any atom is -0.492 e. The van der Waals surface area contributed by atoms with Gasteiger partial charge in [-0.15, -0.1) is 0 Å². The van der Waals surface area contributed by atoms with Crippen LogP contribution >= 0.6 is 0 Å². The largest absolute Gasteiger partial charge is 0.492 e. The molecule has 2 aromatic rings. The second kappa shape index (κ2) is 9.92. The fourth-order valence-electron chi connectivity index (χ4n) is 3.23. The number of benzene rings is 2. The summed E-state index contributed by atoms with van der Waals surface area (Å²) in [6, 6.07) is 13.7. The van der Waals surface area contributed by atoms with E-state index >= 15 is 0 Å². The van der Waals surface area contributed by atoms with Crippen LogP contribution in [0.25, 0.3) is 0 Å². The lowest BCUT2D eigenvalue weighted by molar-refractivity contribution is 0.322. The van der Waals surface area contributed by atoms with E-state index in [4.69, 9.17) is 4.74 Å². The summed E-state index contributed by atoms with van der Waals surface area (Å²) < 4.78 is 32.2. The summed E-state index contributed by atoms with van der Waals surface area (Å²) >= 11 is 0. The van der Waals surface area contributed by atoms with Gasteiger partial charge in [0, 0.05) is 38.4 Å². The van der Waals surface area contributed by atoms with E-state index in [0.717, 1.165) is 43.5 Å². The first-order valence-electron chi connectivity index (χ1n) is 9.48. The Bertz CT molecular complexity index is 785. The molecule has 2 aromatic carbocycles. The van der Waals surface area contributed by atoms with Crippen molar-refractivity contribution >= 4 is 11.6 Å². The molecule has 3 rings (SSSR count). The van der Waals surface area contributed by atoms with Crippen LogP contribution in [0.1, 0.15) is 6.42 Å². The average Bonchev–Trinajstić information content (AvgIpc) is 3.19. The summed E-state index contributed by atoms with van der Waals surface area (Å²) in [6.07, 6.45) is 0.986. The van der Waals surface area contributed by atoms with E-state index in [1.807, 2.05) is 30.3 Å². The number of ether oxygens (including phenoxy) is 1. The standard InChI is InChI=1S/C21H26F2N4O/c1-24-21(25-10-12-28-18-5-3-2-4-6-18)26-14-16-9-11-27(15-16)17-7-8-19(22)20(23)13-17/h2-8,13,16H,9-12,14-15H2,1H3,(H2,24,25,26). The molecule has 1 aliphatic rings. The molecule has 1 unspecified atom stereocenters. The Balaban J connectivity index is 1.37. The van der Waals surface area contributed by atoms with Gasteiger partial charge in [-0.1, -0.05) is 18.2 Å². The van der Waals surface area contributed by atoms with Gasteiger partial charge < -0.3 is 20.3 Å². The van der Waals surface area contributed by atoms with E-state index < -0.39 is 11.6 Å². The number of nitrogens with zero attached hydrogens (tertiary/aromatic N) is 2. The molecule has 0 radical (unpaired) electrons. The maximum Gasteiger partial charge on any atom is 0.191 e. The number of nitrogens with one attached hydrogen (secondary N) is 2. The summed E-state index contributed by atoms with van der Waals surface area (Å²) in [5.41, 5.74) is 0.724. The summed E-state index contributed by atoms with van der Waals surface area (Å²) in [4.78, 5) is 6.31. The molecule has 1 heterocycles. The van der Waals surface area contributed by atoms with Gasteiger partial charge in [-0.3, -0.25) is 4.99 Å². The molecular formula is C21H26F2N4O. The van der Waals surface area contributed by atoms with Crippen LogP contribution in [0.15, 0.2) is 53.5 Å². The van der Waals surface area contributed by atoms with Crippen molar-refractivity contribution in [1.82, 2.24) is 10.6 Å². The fourth-order valence-corrected chi connectivity index (χ4v) is 3.23. The van der Waals surface area contributed by atoms with Crippen molar-refractivity contribution in [3.63, 3.8) is 0 Å². The van der Waals surface area contributed by atoms with Gasteiger partial charge in [-0.2, -0.15) is 0 Å². The predicted octanol–water partition coefficient (Wildman–Crippen LogP) is 3.04. The highest BCUT2D eigenvalue weighted by molar-refractivity contribution is 5.79. The summed E-state index contributed by atoms with van der Waals surface area (Å²) in [7, 11) is 1.73. The van der Waals surface area contributed by atoms with Crippen molar-refractivity contribution in [2.75, 3.05) is 44.7 Å². The molecule has 0 saturated carbocycles. The Morgan fingerprint density at radius 3 is 2.71 bits per heavy atom. The number of aliphatic imine (C=N–C) groups is 1. The molecule has 1 aliphatic heterocycles. The summed E-state index contributed by atoms with van der Waals surface area (Å²) in [6.45, 7) is 3.57. The van der Waals surface area contributed by atoms with Gasteiger partial charge in [0.05, 0.1) is 6.54 Å². The molecular weight excluding hydrogens is 362 g/mol. The molecule has 0 amide bonds. The van der Waals surface area contributed by atoms with Crippen LogP contribution in [0.3, 0.4) is 0 Å². The van der Waals surface area contributed by atoms with Gasteiger partial charge in [0.2, 0.25) is 0 Å². The first-order valence-corrected chi connectivity index (χ1v) is 9.48. The Labute approximate surface area is 164 Å². The monoisotopic (exact) mass is 388 g/mol. The lowest BCUT2D eigenvalue weighted by atomic mass is 10.1. The van der Waals surface area contributed by atoms with Crippen molar-refractivity contribution < 1.29 is 13.5 Å². The molecule has 7 heteroatoms. The number of hydrogen-bond acceptors (Lipinski definition) is 3. The number of anilines is 1. The molecule has 1 atom stereocenters. The normalized spacial score (nSPS) is 16.9. The molecule has 1 fully saturated rings. The van der Waals surface area contributed by atoms with Gasteiger partial charge in [0.25, 0.3) is 0 Å². The zero-order chi connectivity index (χ0) is 19.8. The molecule has 1 saturated heterocycles. The molecule has 2 N–H and O–H groups in total. The highest BCUT2D eigenvalue weighted by Crippen LogP contribution is 2.24. The maximum absolute atomic E-state index is 13.4. The van der Waals surface area contributed by atoms with Gasteiger partial charge in [0.15, 0.2) is 17.6 Å². The van der Waals surface area contributed by atoms with E-state index in [2.05, 4.69) is 20.5 Å². The van der Waals surface area contributed by atoms with Crippen molar-refractivity contribution in [2.24, 2.45) is 10.9 Å². The quantitative estimate of drug-likeness (QED) is 0.435. The predicted molar refractivity (Wildman–Crippen MR) is 108 cm³/mol. The molecule has 0 aromatic heterocycles. The topological polar surface area (TPSA) is 48.9 Å². The molecule has 0 aliphatic carbocycles. The second-order valence-corrected chi connectivity index (χ2v) is 6.74. The third kappa shape index (κ3) is 5.58. The van der Waals surface area contributed by atoms with Gasteiger partial charge in [-0.25, -0.2) is 8.78 Å². The number of hydrogen-bond donors (Lipinski definition) is 2. The Kier molecular flexibility index (Phi) is 7.06. The first-order chi connectivity index (χ1) is 13.7. The van der Waals surface area contributed by atoms with Crippen molar-refractivity contribution in [3.8, 4) is 5.75 Å². The molecule has 150 valence electrons. The van der Waals surface area contributed by atoms with Crippen LogP contribution < -0.4 is 20.3 Å². The minimum atomic E-state index is -0.813. The number of halogens is 2. The van der Waals surface area contributed by atoms with Gasteiger partial charge in [-0.05, 0) is 36.6 Å². The zero-order valence-electron chi connectivity index (χ0n) is 16.0.